The molecule has 0 amide bonds. The van der Waals surface area contributed by atoms with Gasteiger partial charge >= 0.3 is 6.36 Å². The molecule has 0 spiro atoms. The van der Waals surface area contributed by atoms with E-state index in [2.05, 4.69) is 17.0 Å². The van der Waals surface area contributed by atoms with E-state index in [1.54, 1.807) is 12.1 Å². The van der Waals surface area contributed by atoms with Crippen molar-refractivity contribution in [3.05, 3.63) is 29.8 Å². The van der Waals surface area contributed by atoms with Crippen LogP contribution in [0.5, 0.6) is 5.75 Å². The second-order valence-electron chi connectivity index (χ2n) is 5.26. The maximum Gasteiger partial charge on any atom is 0.573 e. The van der Waals surface area contributed by atoms with Crippen LogP contribution in [0.2, 0.25) is 0 Å². The number of halogens is 3. The zero-order valence-electron chi connectivity index (χ0n) is 12.1. The van der Waals surface area contributed by atoms with Crippen molar-refractivity contribution in [2.45, 2.75) is 38.8 Å². The fourth-order valence-corrected chi connectivity index (χ4v) is 2.69. The first-order valence-electron chi connectivity index (χ1n) is 7.11. The number of ether oxygens (including phenoxy) is 2. The zero-order valence-corrected chi connectivity index (χ0v) is 12.1. The van der Waals surface area contributed by atoms with Gasteiger partial charge in [0.1, 0.15) is 5.75 Å². The Bertz CT molecular complexity index is 464. The number of benzene rings is 1. The van der Waals surface area contributed by atoms with Gasteiger partial charge in [0.25, 0.3) is 0 Å². The first kappa shape index (κ1) is 16.1. The fourth-order valence-electron chi connectivity index (χ4n) is 2.69. The normalized spacial score (nSPS) is 24.0. The van der Waals surface area contributed by atoms with Crippen molar-refractivity contribution in [2.75, 3.05) is 13.2 Å². The summed E-state index contributed by atoms with van der Waals surface area (Å²) in [6.07, 6.45) is -3.75. The third-order valence-corrected chi connectivity index (χ3v) is 3.65. The summed E-state index contributed by atoms with van der Waals surface area (Å²) < 4.78 is 46.7. The van der Waals surface area contributed by atoms with Crippen LogP contribution in [0, 0.1) is 5.92 Å². The molecule has 6 heteroatoms. The summed E-state index contributed by atoms with van der Waals surface area (Å²) in [7, 11) is 0. The molecule has 0 aromatic heterocycles. The van der Waals surface area contributed by atoms with Gasteiger partial charge in [0.2, 0.25) is 0 Å². The molecule has 1 aliphatic heterocycles. The lowest BCUT2D eigenvalue weighted by Crippen LogP contribution is -2.34. The second kappa shape index (κ2) is 6.66. The van der Waals surface area contributed by atoms with Gasteiger partial charge in [0.05, 0.1) is 12.1 Å². The van der Waals surface area contributed by atoms with E-state index in [1.165, 1.54) is 12.1 Å². The molecule has 1 saturated heterocycles. The van der Waals surface area contributed by atoms with Crippen LogP contribution in [0.1, 0.15) is 31.9 Å². The van der Waals surface area contributed by atoms with Gasteiger partial charge in [-0.05, 0) is 36.6 Å². The Kier molecular flexibility index (Phi) is 5.11. The van der Waals surface area contributed by atoms with E-state index < -0.39 is 6.36 Å². The highest BCUT2D eigenvalue weighted by atomic mass is 19.4. The van der Waals surface area contributed by atoms with Gasteiger partial charge in [-0.15, -0.1) is 13.2 Å². The summed E-state index contributed by atoms with van der Waals surface area (Å²) in [6.45, 7) is 5.45. The Balaban J connectivity index is 2.21. The lowest BCUT2D eigenvalue weighted by atomic mass is 9.92. The van der Waals surface area contributed by atoms with Crippen LogP contribution in [-0.4, -0.2) is 25.6 Å². The van der Waals surface area contributed by atoms with Gasteiger partial charge in [-0.3, -0.25) is 0 Å². The highest BCUT2D eigenvalue weighted by Gasteiger charge is 2.34. The third-order valence-electron chi connectivity index (χ3n) is 3.65. The molecule has 1 heterocycles. The van der Waals surface area contributed by atoms with Crippen LogP contribution in [0.4, 0.5) is 13.2 Å². The first-order chi connectivity index (χ1) is 9.90. The van der Waals surface area contributed by atoms with E-state index in [-0.39, 0.29) is 17.9 Å². The summed E-state index contributed by atoms with van der Waals surface area (Å²) in [5.74, 6) is 0.162. The fraction of sp³-hybridized carbons (Fsp3) is 0.600. The molecule has 0 aliphatic carbocycles. The lowest BCUT2D eigenvalue weighted by molar-refractivity contribution is -0.274. The van der Waals surface area contributed by atoms with Crippen LogP contribution >= 0.6 is 0 Å². The second-order valence-corrected chi connectivity index (χ2v) is 5.26. The standard InChI is InChI=1S/C15H20F3NO2/c1-3-19-13(14-10(2)7-8-20-14)11-5-4-6-12(9-11)21-15(16,17)18/h4-6,9-10,13-14,19H,3,7-8H2,1-2H3. The smallest absolute Gasteiger partial charge is 0.406 e. The van der Waals surface area contributed by atoms with Crippen molar-refractivity contribution in [3.63, 3.8) is 0 Å². The van der Waals surface area contributed by atoms with Gasteiger partial charge in [-0.2, -0.15) is 0 Å². The van der Waals surface area contributed by atoms with Crippen molar-refractivity contribution >= 4 is 0 Å². The molecule has 1 aromatic carbocycles. The average Bonchev–Trinajstić information content (AvgIpc) is 2.80. The van der Waals surface area contributed by atoms with Gasteiger partial charge in [0.15, 0.2) is 0 Å². The van der Waals surface area contributed by atoms with Gasteiger partial charge in [-0.25, -0.2) is 0 Å². The van der Waals surface area contributed by atoms with Crippen LogP contribution in [0.25, 0.3) is 0 Å². The number of rotatable bonds is 5. The topological polar surface area (TPSA) is 30.5 Å². The number of likely N-dealkylation sites (N-methyl/N-ethyl adjacent to an activating group) is 1. The lowest BCUT2D eigenvalue weighted by Gasteiger charge is -2.27. The monoisotopic (exact) mass is 303 g/mol. The van der Waals surface area contributed by atoms with Gasteiger partial charge < -0.3 is 14.8 Å². The highest BCUT2D eigenvalue weighted by Crippen LogP contribution is 2.33. The van der Waals surface area contributed by atoms with Crippen molar-refractivity contribution in [2.24, 2.45) is 5.92 Å². The third kappa shape index (κ3) is 4.35. The predicted molar refractivity (Wildman–Crippen MR) is 73.1 cm³/mol. The highest BCUT2D eigenvalue weighted by molar-refractivity contribution is 5.31. The van der Waals surface area contributed by atoms with Crippen LogP contribution in [0.3, 0.4) is 0 Å². The summed E-state index contributed by atoms with van der Waals surface area (Å²) in [5, 5.41) is 3.30. The molecule has 3 unspecified atom stereocenters. The molecule has 0 saturated carbocycles. The molecule has 1 aromatic rings. The Morgan fingerprint density at radius 3 is 2.76 bits per heavy atom. The zero-order chi connectivity index (χ0) is 15.5. The minimum Gasteiger partial charge on any atom is -0.406 e. The Morgan fingerprint density at radius 1 is 1.43 bits per heavy atom. The predicted octanol–water partition coefficient (Wildman–Crippen LogP) is 3.66. The molecule has 1 aliphatic rings. The molecule has 0 radical (unpaired) electrons. The van der Waals surface area contributed by atoms with E-state index in [9.17, 15) is 13.2 Å². The molecule has 2 rings (SSSR count). The average molecular weight is 303 g/mol. The minimum absolute atomic E-state index is 0.0360. The van der Waals surface area contributed by atoms with Crippen LogP contribution in [-0.2, 0) is 4.74 Å². The number of hydrogen-bond donors (Lipinski definition) is 1. The minimum atomic E-state index is -4.68. The molecule has 3 nitrogen and oxygen atoms in total. The van der Waals surface area contributed by atoms with E-state index in [0.29, 0.717) is 19.1 Å². The van der Waals surface area contributed by atoms with E-state index in [0.717, 1.165) is 12.0 Å². The molecule has 21 heavy (non-hydrogen) atoms. The maximum absolute atomic E-state index is 12.3. The maximum atomic E-state index is 12.3. The Hall–Kier alpha value is -1.27. The van der Waals surface area contributed by atoms with Crippen molar-refractivity contribution < 1.29 is 22.6 Å². The molecular weight excluding hydrogens is 283 g/mol. The molecule has 0 bridgehead atoms. The first-order valence-corrected chi connectivity index (χ1v) is 7.11. The summed E-state index contributed by atoms with van der Waals surface area (Å²) in [4.78, 5) is 0. The van der Waals surface area contributed by atoms with E-state index in [4.69, 9.17) is 4.74 Å². The number of nitrogens with one attached hydrogen (secondary N) is 1. The van der Waals surface area contributed by atoms with Crippen molar-refractivity contribution in [1.82, 2.24) is 5.32 Å². The summed E-state index contributed by atoms with van der Waals surface area (Å²) in [5.41, 5.74) is 0.748. The molecular formula is C15H20F3NO2. The van der Waals surface area contributed by atoms with Crippen molar-refractivity contribution in [1.29, 1.82) is 0 Å². The summed E-state index contributed by atoms with van der Waals surface area (Å²) >= 11 is 0. The quantitative estimate of drug-likeness (QED) is 0.900. The van der Waals surface area contributed by atoms with E-state index in [1.807, 2.05) is 6.92 Å². The van der Waals surface area contributed by atoms with Gasteiger partial charge in [0, 0.05) is 6.61 Å². The molecule has 1 fully saturated rings. The number of alkyl halides is 3. The largest absolute Gasteiger partial charge is 0.573 e. The van der Waals surface area contributed by atoms with Crippen LogP contribution < -0.4 is 10.1 Å². The van der Waals surface area contributed by atoms with Crippen LogP contribution in [0.15, 0.2) is 24.3 Å². The summed E-state index contributed by atoms with van der Waals surface area (Å²) in [6, 6.07) is 5.96. The van der Waals surface area contributed by atoms with Gasteiger partial charge in [-0.1, -0.05) is 26.0 Å². The SMILES string of the molecule is CCNC(c1cccc(OC(F)(F)F)c1)C1OCCC1C. The molecule has 1 N–H and O–H groups in total. The Morgan fingerprint density at radius 2 is 2.19 bits per heavy atom. The van der Waals surface area contributed by atoms with Crippen molar-refractivity contribution in [3.8, 4) is 5.75 Å². The van der Waals surface area contributed by atoms with E-state index >= 15 is 0 Å². The molecule has 3 atom stereocenters. The number of hydrogen-bond acceptors (Lipinski definition) is 3. The molecule has 118 valence electrons. The Labute approximate surface area is 122 Å².